The third-order valence-electron chi connectivity index (χ3n) is 3.60. The molecule has 0 unspecified atom stereocenters. The van der Waals surface area contributed by atoms with Crippen LogP contribution in [0.5, 0.6) is 0 Å². The van der Waals surface area contributed by atoms with Gasteiger partial charge in [-0.05, 0) is 48.8 Å². The van der Waals surface area contributed by atoms with E-state index in [1.807, 2.05) is 17.5 Å². The first-order valence-electron chi connectivity index (χ1n) is 7.12. The monoisotopic (exact) mass is 332 g/mol. The van der Waals surface area contributed by atoms with Crippen molar-refractivity contribution < 1.29 is 9.59 Å². The van der Waals surface area contributed by atoms with Crippen molar-refractivity contribution in [2.75, 3.05) is 5.32 Å². The smallest absolute Gasteiger partial charge is 0.251 e. The Labute approximate surface area is 136 Å². The maximum Gasteiger partial charge on any atom is 0.251 e. The summed E-state index contributed by atoms with van der Waals surface area (Å²) in [5.74, 6) is -0.702. The van der Waals surface area contributed by atoms with Gasteiger partial charge >= 0.3 is 0 Å². The summed E-state index contributed by atoms with van der Waals surface area (Å²) in [6.07, 6.45) is 7.26. The van der Waals surface area contributed by atoms with E-state index >= 15 is 0 Å². The lowest BCUT2D eigenvalue weighted by Crippen LogP contribution is -2.17. The van der Waals surface area contributed by atoms with Crippen molar-refractivity contribution in [1.29, 1.82) is 0 Å². The van der Waals surface area contributed by atoms with E-state index in [-0.39, 0.29) is 5.91 Å². The zero-order valence-corrected chi connectivity index (χ0v) is 13.6. The van der Waals surface area contributed by atoms with E-state index in [9.17, 15) is 9.59 Å². The first kappa shape index (κ1) is 15.0. The summed E-state index contributed by atoms with van der Waals surface area (Å²) in [6, 6.07) is 3.87. The maximum atomic E-state index is 12.1. The molecule has 0 spiro atoms. The molecule has 4 nitrogen and oxygen atoms in total. The maximum absolute atomic E-state index is 12.1. The van der Waals surface area contributed by atoms with E-state index in [4.69, 9.17) is 5.73 Å². The highest BCUT2D eigenvalue weighted by atomic mass is 32.1. The van der Waals surface area contributed by atoms with Crippen LogP contribution in [0.1, 0.15) is 38.5 Å². The Balaban J connectivity index is 1.81. The summed E-state index contributed by atoms with van der Waals surface area (Å²) in [4.78, 5) is 26.0. The molecule has 0 aromatic carbocycles. The fraction of sp³-hybridized carbons (Fsp3) is 0.250. The molecule has 2 aromatic rings. The standard InChI is InChI=1S/C16H16N2O2S2/c17-15(20)14-11-5-1-2-6-12(11)22-16(14)18-13(19)8-7-10-4-3-9-21-10/h3-4,7-9H,1-2,5-6H2,(H2,17,20)(H,18,19). The summed E-state index contributed by atoms with van der Waals surface area (Å²) in [7, 11) is 0. The summed E-state index contributed by atoms with van der Waals surface area (Å²) >= 11 is 3.04. The number of hydrogen-bond donors (Lipinski definition) is 2. The average molecular weight is 332 g/mol. The van der Waals surface area contributed by atoms with Crippen LogP contribution in [-0.4, -0.2) is 11.8 Å². The molecule has 6 heteroatoms. The van der Waals surface area contributed by atoms with Crippen molar-refractivity contribution in [3.63, 3.8) is 0 Å². The van der Waals surface area contributed by atoms with Crippen LogP contribution in [-0.2, 0) is 17.6 Å². The zero-order valence-electron chi connectivity index (χ0n) is 11.9. The van der Waals surface area contributed by atoms with Crippen molar-refractivity contribution in [3.8, 4) is 0 Å². The predicted molar refractivity (Wildman–Crippen MR) is 91.5 cm³/mol. The Morgan fingerprint density at radius 2 is 2.09 bits per heavy atom. The van der Waals surface area contributed by atoms with Crippen LogP contribution < -0.4 is 11.1 Å². The molecule has 2 aromatic heterocycles. The van der Waals surface area contributed by atoms with Crippen molar-refractivity contribution in [3.05, 3.63) is 44.5 Å². The molecule has 2 amide bonds. The second-order valence-corrected chi connectivity index (χ2v) is 7.20. The van der Waals surface area contributed by atoms with Crippen molar-refractivity contribution >= 4 is 45.6 Å². The van der Waals surface area contributed by atoms with Crippen LogP contribution in [0.25, 0.3) is 6.08 Å². The van der Waals surface area contributed by atoms with Gasteiger partial charge in [0.2, 0.25) is 5.91 Å². The lowest BCUT2D eigenvalue weighted by atomic mass is 9.95. The average Bonchev–Trinajstić information content (AvgIpc) is 3.11. The highest BCUT2D eigenvalue weighted by Gasteiger charge is 2.24. The quantitative estimate of drug-likeness (QED) is 0.842. The number of rotatable bonds is 4. The minimum atomic E-state index is -0.461. The fourth-order valence-corrected chi connectivity index (χ4v) is 4.53. The Bertz CT molecular complexity index is 730. The highest BCUT2D eigenvalue weighted by molar-refractivity contribution is 7.17. The van der Waals surface area contributed by atoms with Crippen molar-refractivity contribution in [2.45, 2.75) is 25.7 Å². The number of thiophene rings is 2. The van der Waals surface area contributed by atoms with Gasteiger partial charge in [0.25, 0.3) is 5.91 Å². The second-order valence-electron chi connectivity index (χ2n) is 5.12. The molecule has 0 saturated heterocycles. The number of nitrogens with one attached hydrogen (secondary N) is 1. The van der Waals surface area contributed by atoms with Gasteiger partial charge in [0.05, 0.1) is 5.56 Å². The number of aryl methyl sites for hydroxylation is 1. The number of primary amides is 1. The van der Waals surface area contributed by atoms with Gasteiger partial charge in [0.1, 0.15) is 5.00 Å². The lowest BCUT2D eigenvalue weighted by Gasteiger charge is -2.11. The lowest BCUT2D eigenvalue weighted by molar-refractivity contribution is -0.111. The number of carbonyl (C=O) groups excluding carboxylic acids is 2. The fourth-order valence-electron chi connectivity index (χ4n) is 2.61. The van der Waals surface area contributed by atoms with Gasteiger partial charge in [-0.1, -0.05) is 6.07 Å². The Morgan fingerprint density at radius 1 is 1.27 bits per heavy atom. The molecule has 0 saturated carbocycles. The molecule has 0 bridgehead atoms. The van der Waals surface area contributed by atoms with Crippen LogP contribution in [0, 0.1) is 0 Å². The highest BCUT2D eigenvalue weighted by Crippen LogP contribution is 2.37. The van der Waals surface area contributed by atoms with E-state index in [0.717, 1.165) is 36.1 Å². The molecule has 3 N–H and O–H groups in total. The van der Waals surface area contributed by atoms with Crippen LogP contribution >= 0.6 is 22.7 Å². The molecular formula is C16H16N2O2S2. The molecule has 0 atom stereocenters. The molecule has 2 heterocycles. The minimum Gasteiger partial charge on any atom is -0.365 e. The summed E-state index contributed by atoms with van der Waals surface area (Å²) in [5, 5.41) is 5.35. The summed E-state index contributed by atoms with van der Waals surface area (Å²) in [5.41, 5.74) is 7.04. The summed E-state index contributed by atoms with van der Waals surface area (Å²) < 4.78 is 0. The van der Waals surface area contributed by atoms with Crippen LogP contribution in [0.2, 0.25) is 0 Å². The molecule has 114 valence electrons. The molecule has 1 aliphatic rings. The van der Waals surface area contributed by atoms with Gasteiger partial charge in [-0.3, -0.25) is 9.59 Å². The van der Waals surface area contributed by atoms with Crippen LogP contribution in [0.3, 0.4) is 0 Å². The van der Waals surface area contributed by atoms with E-state index < -0.39 is 5.91 Å². The number of amides is 2. The van der Waals surface area contributed by atoms with Crippen LogP contribution in [0.15, 0.2) is 23.6 Å². The number of nitrogens with two attached hydrogens (primary N) is 1. The summed E-state index contributed by atoms with van der Waals surface area (Å²) in [6.45, 7) is 0. The Hall–Kier alpha value is -1.92. The predicted octanol–water partition coefficient (Wildman–Crippen LogP) is 3.44. The molecule has 22 heavy (non-hydrogen) atoms. The van der Waals surface area contributed by atoms with Gasteiger partial charge in [-0.15, -0.1) is 22.7 Å². The van der Waals surface area contributed by atoms with Gasteiger partial charge in [0.15, 0.2) is 0 Å². The van der Waals surface area contributed by atoms with Crippen LogP contribution in [0.4, 0.5) is 5.00 Å². The Kier molecular flexibility index (Phi) is 4.40. The minimum absolute atomic E-state index is 0.241. The van der Waals surface area contributed by atoms with Gasteiger partial charge in [0, 0.05) is 15.8 Å². The normalized spacial score (nSPS) is 14.0. The van der Waals surface area contributed by atoms with E-state index in [2.05, 4.69) is 5.32 Å². The first-order valence-corrected chi connectivity index (χ1v) is 8.81. The largest absolute Gasteiger partial charge is 0.365 e. The number of carbonyl (C=O) groups is 2. The zero-order chi connectivity index (χ0) is 15.5. The van der Waals surface area contributed by atoms with Gasteiger partial charge < -0.3 is 11.1 Å². The van der Waals surface area contributed by atoms with Crippen molar-refractivity contribution in [1.82, 2.24) is 0 Å². The molecule has 1 aliphatic carbocycles. The van der Waals surface area contributed by atoms with Crippen molar-refractivity contribution in [2.24, 2.45) is 5.73 Å². The van der Waals surface area contributed by atoms with E-state index in [1.165, 1.54) is 22.3 Å². The van der Waals surface area contributed by atoms with Gasteiger partial charge in [-0.2, -0.15) is 0 Å². The number of hydrogen-bond acceptors (Lipinski definition) is 4. The Morgan fingerprint density at radius 3 is 2.82 bits per heavy atom. The second kappa shape index (κ2) is 6.46. The van der Waals surface area contributed by atoms with Gasteiger partial charge in [-0.25, -0.2) is 0 Å². The number of fused-ring (bicyclic) bond motifs is 1. The molecule has 0 aliphatic heterocycles. The van der Waals surface area contributed by atoms with E-state index in [0.29, 0.717) is 10.6 Å². The third-order valence-corrected chi connectivity index (χ3v) is 5.64. The number of anilines is 1. The van der Waals surface area contributed by atoms with E-state index in [1.54, 1.807) is 17.4 Å². The molecule has 0 fully saturated rings. The molecule has 0 radical (unpaired) electrons. The third kappa shape index (κ3) is 3.13. The molecule has 3 rings (SSSR count). The topological polar surface area (TPSA) is 72.2 Å². The SMILES string of the molecule is NC(=O)c1c(NC(=O)C=Cc2cccs2)sc2c1CCCC2. The molecular weight excluding hydrogens is 316 g/mol. The first-order chi connectivity index (χ1) is 10.6.